The van der Waals surface area contributed by atoms with E-state index in [-0.39, 0.29) is 5.91 Å². The van der Waals surface area contributed by atoms with Gasteiger partial charge in [-0.05, 0) is 91.4 Å². The van der Waals surface area contributed by atoms with Crippen molar-refractivity contribution in [2.24, 2.45) is 23.2 Å². The van der Waals surface area contributed by atoms with Gasteiger partial charge in [0.1, 0.15) is 0 Å². The predicted octanol–water partition coefficient (Wildman–Crippen LogP) is 2.82. The van der Waals surface area contributed by atoms with E-state index in [1.54, 1.807) is 0 Å². The fourth-order valence-electron chi connectivity index (χ4n) is 6.07. The average Bonchev–Trinajstić information content (AvgIpc) is 3.30. The van der Waals surface area contributed by atoms with Gasteiger partial charge in [-0.2, -0.15) is 0 Å². The summed E-state index contributed by atoms with van der Waals surface area (Å²) in [5, 5.41) is 15.7. The summed E-state index contributed by atoms with van der Waals surface area (Å²) in [7, 11) is 0. The summed E-state index contributed by atoms with van der Waals surface area (Å²) in [6, 6.07) is 0.455. The van der Waals surface area contributed by atoms with Crippen molar-refractivity contribution in [3.63, 3.8) is 0 Å². The number of hydrogen-bond donors (Lipinski definition) is 1. The van der Waals surface area contributed by atoms with Crippen LogP contribution < -0.4 is 5.32 Å². The molecular formula is C18H27N5OS. The van der Waals surface area contributed by atoms with E-state index in [1.165, 1.54) is 56.7 Å². The lowest BCUT2D eigenvalue weighted by Crippen LogP contribution is -2.47. The molecule has 0 radical (unpaired) electrons. The maximum Gasteiger partial charge on any atom is 0.230 e. The van der Waals surface area contributed by atoms with Crippen LogP contribution in [0.5, 0.6) is 0 Å². The quantitative estimate of drug-likeness (QED) is 0.756. The van der Waals surface area contributed by atoms with Crippen molar-refractivity contribution < 1.29 is 4.79 Å². The Morgan fingerprint density at radius 2 is 1.84 bits per heavy atom. The minimum Gasteiger partial charge on any atom is -0.355 e. The third kappa shape index (κ3) is 3.32. The van der Waals surface area contributed by atoms with E-state index < -0.39 is 0 Å². The molecule has 1 N–H and O–H groups in total. The summed E-state index contributed by atoms with van der Waals surface area (Å²) >= 11 is 1.45. The van der Waals surface area contributed by atoms with Crippen molar-refractivity contribution >= 4 is 17.7 Å². The van der Waals surface area contributed by atoms with Crippen LogP contribution in [0.15, 0.2) is 5.16 Å². The highest BCUT2D eigenvalue weighted by atomic mass is 32.2. The van der Waals surface area contributed by atoms with E-state index in [4.69, 9.17) is 0 Å². The number of nitrogens with one attached hydrogen (secondary N) is 1. The molecule has 1 aromatic rings. The first-order chi connectivity index (χ1) is 12.2. The Kier molecular flexibility index (Phi) is 4.02. The van der Waals surface area contributed by atoms with E-state index in [2.05, 4.69) is 20.8 Å². The van der Waals surface area contributed by atoms with Crippen molar-refractivity contribution in [1.82, 2.24) is 25.5 Å². The van der Waals surface area contributed by atoms with Gasteiger partial charge in [0.05, 0.1) is 11.8 Å². The smallest absolute Gasteiger partial charge is 0.230 e. The second-order valence-electron chi connectivity index (χ2n) is 8.94. The Labute approximate surface area is 152 Å². The molecule has 1 heterocycles. The third-order valence-corrected chi connectivity index (χ3v) is 7.76. The Morgan fingerprint density at radius 1 is 1.16 bits per heavy atom. The molecule has 0 unspecified atom stereocenters. The largest absolute Gasteiger partial charge is 0.355 e. The van der Waals surface area contributed by atoms with Gasteiger partial charge in [0.15, 0.2) is 0 Å². The maximum atomic E-state index is 12.2. The number of rotatable bonds is 7. The zero-order chi connectivity index (χ0) is 16.9. The van der Waals surface area contributed by atoms with Gasteiger partial charge in [-0.15, -0.1) is 5.10 Å². The molecule has 6 rings (SSSR count). The summed E-state index contributed by atoms with van der Waals surface area (Å²) in [5.41, 5.74) is 0.547. The lowest BCUT2D eigenvalue weighted by atomic mass is 9.49. The van der Waals surface area contributed by atoms with Gasteiger partial charge in [0, 0.05) is 6.54 Å². The van der Waals surface area contributed by atoms with Gasteiger partial charge in [0.2, 0.25) is 11.1 Å². The Balaban J connectivity index is 1.08. The summed E-state index contributed by atoms with van der Waals surface area (Å²) in [4.78, 5) is 12.2. The standard InChI is InChI=1S/C18H27N5OS/c24-16(11-25-17-20-21-22-23(17)15-1-2-15)19-4-3-18-8-12-5-13(9-18)7-14(6-12)10-18/h12-15H,1-11H2,(H,19,24). The topological polar surface area (TPSA) is 72.7 Å². The van der Waals surface area contributed by atoms with Crippen LogP contribution in [0.2, 0.25) is 0 Å². The molecule has 0 atom stereocenters. The first kappa shape index (κ1) is 16.1. The number of nitrogens with zero attached hydrogens (tertiary/aromatic N) is 4. The molecule has 0 aromatic carbocycles. The molecule has 5 fully saturated rings. The summed E-state index contributed by atoms with van der Waals surface area (Å²) in [5.74, 6) is 3.48. The number of carbonyl (C=O) groups excluding carboxylic acids is 1. The van der Waals surface area contributed by atoms with Crippen molar-refractivity contribution in [3.8, 4) is 0 Å². The zero-order valence-corrected chi connectivity index (χ0v) is 15.5. The molecule has 5 aliphatic rings. The Morgan fingerprint density at radius 3 is 2.48 bits per heavy atom. The van der Waals surface area contributed by atoms with E-state index in [9.17, 15) is 4.79 Å². The van der Waals surface area contributed by atoms with Gasteiger partial charge in [-0.3, -0.25) is 4.79 Å². The minimum absolute atomic E-state index is 0.111. The summed E-state index contributed by atoms with van der Waals surface area (Å²) in [6.45, 7) is 0.832. The molecule has 0 spiro atoms. The van der Waals surface area contributed by atoms with Crippen LogP contribution in [0.3, 0.4) is 0 Å². The van der Waals surface area contributed by atoms with Crippen LogP contribution in [0, 0.1) is 23.2 Å². The van der Waals surface area contributed by atoms with Crippen LogP contribution in [-0.4, -0.2) is 38.4 Å². The average molecular weight is 362 g/mol. The second kappa shape index (κ2) is 6.25. The van der Waals surface area contributed by atoms with Crippen LogP contribution in [0.25, 0.3) is 0 Å². The van der Waals surface area contributed by atoms with E-state index in [0.717, 1.165) is 42.3 Å². The minimum atomic E-state index is 0.111. The molecular weight excluding hydrogens is 334 g/mol. The normalized spacial score (nSPS) is 35.9. The Bertz CT molecular complexity index is 620. The van der Waals surface area contributed by atoms with Crippen LogP contribution >= 0.6 is 11.8 Å². The first-order valence-electron chi connectivity index (χ1n) is 9.86. The van der Waals surface area contributed by atoms with Crippen molar-refractivity contribution in [1.29, 1.82) is 0 Å². The lowest BCUT2D eigenvalue weighted by Gasteiger charge is -2.57. The molecule has 6 nitrogen and oxygen atoms in total. The van der Waals surface area contributed by atoms with Crippen LogP contribution in [-0.2, 0) is 4.79 Å². The number of amides is 1. The number of carbonyl (C=O) groups is 1. The molecule has 4 bridgehead atoms. The molecule has 0 aliphatic heterocycles. The molecule has 25 heavy (non-hydrogen) atoms. The van der Waals surface area contributed by atoms with E-state index in [1.807, 2.05) is 4.68 Å². The fourth-order valence-corrected chi connectivity index (χ4v) is 6.85. The van der Waals surface area contributed by atoms with Crippen molar-refractivity contribution in [2.45, 2.75) is 69.0 Å². The molecule has 5 saturated carbocycles. The Hall–Kier alpha value is -1.11. The first-order valence-corrected chi connectivity index (χ1v) is 10.8. The highest BCUT2D eigenvalue weighted by Gasteiger charge is 2.50. The van der Waals surface area contributed by atoms with Crippen molar-refractivity contribution in [3.05, 3.63) is 0 Å². The van der Waals surface area contributed by atoms with Crippen molar-refractivity contribution in [2.75, 3.05) is 12.3 Å². The second-order valence-corrected chi connectivity index (χ2v) is 9.89. The summed E-state index contributed by atoms with van der Waals surface area (Å²) in [6.07, 6.45) is 12.2. The van der Waals surface area contributed by atoms with Gasteiger partial charge in [-0.25, -0.2) is 4.68 Å². The van der Waals surface area contributed by atoms with E-state index >= 15 is 0 Å². The number of aromatic nitrogens is 4. The molecule has 1 aromatic heterocycles. The highest BCUT2D eigenvalue weighted by molar-refractivity contribution is 7.99. The SMILES string of the molecule is O=C(CSc1nnnn1C1CC1)NCCC12CC3CC(CC(C3)C1)C2. The highest BCUT2D eigenvalue weighted by Crippen LogP contribution is 2.61. The predicted molar refractivity (Wildman–Crippen MR) is 95.0 cm³/mol. The molecule has 1 amide bonds. The number of tetrazole rings is 1. The number of thioether (sulfide) groups is 1. The molecule has 7 heteroatoms. The monoisotopic (exact) mass is 361 g/mol. The van der Waals surface area contributed by atoms with Crippen LogP contribution in [0.1, 0.15) is 63.8 Å². The van der Waals surface area contributed by atoms with Crippen LogP contribution in [0.4, 0.5) is 0 Å². The third-order valence-electron chi connectivity index (χ3n) is 6.83. The van der Waals surface area contributed by atoms with Gasteiger partial charge < -0.3 is 5.32 Å². The van der Waals surface area contributed by atoms with Gasteiger partial charge in [0.25, 0.3) is 0 Å². The maximum absolute atomic E-state index is 12.2. The fraction of sp³-hybridized carbons (Fsp3) is 0.889. The van der Waals surface area contributed by atoms with E-state index in [0.29, 0.717) is 17.2 Å². The summed E-state index contributed by atoms with van der Waals surface area (Å²) < 4.78 is 1.87. The molecule has 0 saturated heterocycles. The van der Waals surface area contributed by atoms with Gasteiger partial charge >= 0.3 is 0 Å². The molecule has 5 aliphatic carbocycles. The lowest BCUT2D eigenvalue weighted by molar-refractivity contribution is -0.119. The zero-order valence-electron chi connectivity index (χ0n) is 14.7. The molecule has 136 valence electrons. The number of hydrogen-bond acceptors (Lipinski definition) is 5. The van der Waals surface area contributed by atoms with Gasteiger partial charge in [-0.1, -0.05) is 11.8 Å².